The zero-order valence-corrected chi connectivity index (χ0v) is 14.2. The van der Waals surface area contributed by atoms with Crippen LogP contribution in [0.1, 0.15) is 19.8 Å². The predicted octanol–water partition coefficient (Wildman–Crippen LogP) is 1.71. The number of halogens is 1. The van der Waals surface area contributed by atoms with Crippen molar-refractivity contribution in [2.75, 3.05) is 25.4 Å². The maximum Gasteiger partial charge on any atom is 0.238 e. The first-order chi connectivity index (χ1) is 10.4. The van der Waals surface area contributed by atoms with Crippen LogP contribution in [0.3, 0.4) is 0 Å². The summed E-state index contributed by atoms with van der Waals surface area (Å²) in [5, 5.41) is 3.68. The Balaban J connectivity index is 2.12. The summed E-state index contributed by atoms with van der Waals surface area (Å²) in [6.07, 6.45) is 1.68. The fraction of sp³-hybridized carbons (Fsp3) is 0.533. The molecule has 1 fully saturated rings. The summed E-state index contributed by atoms with van der Waals surface area (Å²) < 4.78 is 24.7. The van der Waals surface area contributed by atoms with E-state index >= 15 is 0 Å². The third-order valence-electron chi connectivity index (χ3n) is 3.75. The summed E-state index contributed by atoms with van der Waals surface area (Å²) in [6.45, 7) is 4.16. The predicted molar refractivity (Wildman–Crippen MR) is 86.8 cm³/mol. The van der Waals surface area contributed by atoms with Gasteiger partial charge in [0.2, 0.25) is 5.91 Å². The van der Waals surface area contributed by atoms with E-state index in [1.165, 1.54) is 24.3 Å². The second-order valence-electron chi connectivity index (χ2n) is 5.45. The molecular weight excluding hydrogens is 324 g/mol. The summed E-state index contributed by atoms with van der Waals surface area (Å²) in [5.74, 6) is -0.823. The number of sulfone groups is 1. The fourth-order valence-corrected chi connectivity index (χ4v) is 3.96. The molecule has 1 unspecified atom stereocenters. The Bertz CT molecular complexity index is 610. The lowest BCUT2D eigenvalue weighted by Crippen LogP contribution is -2.44. The Kier molecular flexibility index (Phi) is 5.83. The van der Waals surface area contributed by atoms with Crippen molar-refractivity contribution in [1.82, 2.24) is 10.2 Å². The lowest BCUT2D eigenvalue weighted by Gasteiger charge is -2.28. The van der Waals surface area contributed by atoms with E-state index in [1.54, 1.807) is 4.90 Å². The molecule has 1 atom stereocenters. The minimum absolute atomic E-state index is 0.0906. The van der Waals surface area contributed by atoms with Crippen LogP contribution in [0.5, 0.6) is 0 Å². The number of nitrogens with one attached hydrogen (secondary N) is 1. The van der Waals surface area contributed by atoms with Gasteiger partial charge >= 0.3 is 0 Å². The molecule has 0 bridgehead atoms. The van der Waals surface area contributed by atoms with Crippen molar-refractivity contribution < 1.29 is 13.2 Å². The molecule has 1 aromatic rings. The molecule has 5 nitrogen and oxygen atoms in total. The van der Waals surface area contributed by atoms with Gasteiger partial charge in [-0.3, -0.25) is 4.79 Å². The third-order valence-corrected chi connectivity index (χ3v) is 5.62. The molecule has 1 aromatic carbocycles. The van der Waals surface area contributed by atoms with E-state index in [2.05, 4.69) is 5.32 Å². The van der Waals surface area contributed by atoms with Crippen LogP contribution in [0.25, 0.3) is 0 Å². The highest BCUT2D eigenvalue weighted by Gasteiger charge is 2.29. The maximum atomic E-state index is 12.5. The largest absolute Gasteiger partial charge is 0.338 e. The maximum absolute atomic E-state index is 12.5. The Morgan fingerprint density at radius 1 is 1.36 bits per heavy atom. The van der Waals surface area contributed by atoms with Crippen LogP contribution in [0.4, 0.5) is 0 Å². The number of nitrogens with zero attached hydrogens (tertiary/aromatic N) is 1. The second kappa shape index (κ2) is 7.44. The van der Waals surface area contributed by atoms with Gasteiger partial charge in [0.25, 0.3) is 0 Å². The van der Waals surface area contributed by atoms with E-state index in [4.69, 9.17) is 11.6 Å². The molecule has 2 rings (SSSR count). The average molecular weight is 345 g/mol. The molecule has 1 heterocycles. The van der Waals surface area contributed by atoms with Crippen molar-refractivity contribution in [3.05, 3.63) is 29.3 Å². The number of rotatable bonds is 6. The minimum Gasteiger partial charge on any atom is -0.338 e. The molecule has 1 aliphatic heterocycles. The van der Waals surface area contributed by atoms with Crippen LogP contribution < -0.4 is 5.32 Å². The van der Waals surface area contributed by atoms with Crippen LogP contribution in [0.2, 0.25) is 5.02 Å². The normalized spacial score (nSPS) is 18.4. The van der Waals surface area contributed by atoms with Crippen molar-refractivity contribution in [2.45, 2.75) is 30.7 Å². The number of carbonyl (C=O) groups is 1. The van der Waals surface area contributed by atoms with E-state index in [0.29, 0.717) is 11.6 Å². The van der Waals surface area contributed by atoms with Gasteiger partial charge in [0, 0.05) is 24.2 Å². The van der Waals surface area contributed by atoms with Gasteiger partial charge in [-0.2, -0.15) is 0 Å². The minimum atomic E-state index is -3.64. The fourth-order valence-electron chi connectivity index (χ4n) is 2.63. The molecule has 0 saturated carbocycles. The number of benzene rings is 1. The zero-order valence-electron chi connectivity index (χ0n) is 12.6. The van der Waals surface area contributed by atoms with Crippen molar-refractivity contribution in [3.8, 4) is 0 Å². The van der Waals surface area contributed by atoms with E-state index in [0.717, 1.165) is 25.9 Å². The highest BCUT2D eigenvalue weighted by atomic mass is 35.5. The van der Waals surface area contributed by atoms with Crippen LogP contribution in [0, 0.1) is 0 Å². The molecule has 0 aliphatic carbocycles. The Hall–Kier alpha value is -1.11. The summed E-state index contributed by atoms with van der Waals surface area (Å²) in [6, 6.07) is 6.00. The molecule has 1 aliphatic rings. The summed E-state index contributed by atoms with van der Waals surface area (Å²) in [5.41, 5.74) is 0. The number of carbonyl (C=O) groups excluding carboxylic acids is 1. The topological polar surface area (TPSA) is 66.5 Å². The lowest BCUT2D eigenvalue weighted by molar-refractivity contribution is -0.130. The molecule has 1 amide bonds. The van der Waals surface area contributed by atoms with Gasteiger partial charge < -0.3 is 10.2 Å². The molecule has 1 saturated heterocycles. The van der Waals surface area contributed by atoms with Crippen molar-refractivity contribution in [1.29, 1.82) is 0 Å². The van der Waals surface area contributed by atoms with E-state index in [9.17, 15) is 13.2 Å². The standard InChI is InChI=1S/C15H21ClN2O3S/c1-2-9-18(13-7-8-17-10-13)15(19)11-22(20,21)14-5-3-12(16)4-6-14/h3-6,13,17H,2,7-11H2,1H3. The Morgan fingerprint density at radius 2 is 2.05 bits per heavy atom. The summed E-state index contributed by atoms with van der Waals surface area (Å²) >= 11 is 5.77. The first-order valence-corrected chi connectivity index (χ1v) is 9.45. The molecule has 0 radical (unpaired) electrons. The van der Waals surface area contributed by atoms with E-state index in [1.807, 2.05) is 6.92 Å². The van der Waals surface area contributed by atoms with Crippen LogP contribution in [0.15, 0.2) is 29.2 Å². The Labute approximate surface area is 136 Å². The molecule has 0 spiro atoms. The van der Waals surface area contributed by atoms with E-state index in [-0.39, 0.29) is 16.8 Å². The Morgan fingerprint density at radius 3 is 2.59 bits per heavy atom. The molecule has 7 heteroatoms. The molecule has 122 valence electrons. The van der Waals surface area contributed by atoms with Crippen LogP contribution in [-0.4, -0.2) is 50.7 Å². The quantitative estimate of drug-likeness (QED) is 0.853. The van der Waals surface area contributed by atoms with E-state index < -0.39 is 15.6 Å². The van der Waals surface area contributed by atoms with Gasteiger partial charge in [-0.05, 0) is 43.7 Å². The van der Waals surface area contributed by atoms with Gasteiger partial charge in [-0.25, -0.2) is 8.42 Å². The van der Waals surface area contributed by atoms with Crippen molar-refractivity contribution >= 4 is 27.3 Å². The number of hydrogen-bond acceptors (Lipinski definition) is 4. The molecular formula is C15H21ClN2O3S. The first-order valence-electron chi connectivity index (χ1n) is 7.42. The molecule has 1 N–H and O–H groups in total. The molecule has 0 aromatic heterocycles. The second-order valence-corrected chi connectivity index (χ2v) is 7.87. The van der Waals surface area contributed by atoms with Gasteiger partial charge in [0.05, 0.1) is 4.90 Å². The smallest absolute Gasteiger partial charge is 0.238 e. The van der Waals surface area contributed by atoms with Crippen LogP contribution in [-0.2, 0) is 14.6 Å². The zero-order chi connectivity index (χ0) is 16.2. The monoisotopic (exact) mass is 344 g/mol. The highest BCUT2D eigenvalue weighted by molar-refractivity contribution is 7.92. The van der Waals surface area contributed by atoms with Gasteiger partial charge in [-0.15, -0.1) is 0 Å². The van der Waals surface area contributed by atoms with Crippen molar-refractivity contribution in [2.24, 2.45) is 0 Å². The number of amides is 1. The highest BCUT2D eigenvalue weighted by Crippen LogP contribution is 2.17. The van der Waals surface area contributed by atoms with Crippen LogP contribution >= 0.6 is 11.6 Å². The third kappa shape index (κ3) is 4.21. The van der Waals surface area contributed by atoms with Gasteiger partial charge in [-0.1, -0.05) is 18.5 Å². The SMILES string of the molecule is CCCN(C(=O)CS(=O)(=O)c1ccc(Cl)cc1)C1CCNC1. The lowest BCUT2D eigenvalue weighted by atomic mass is 10.2. The molecule has 22 heavy (non-hydrogen) atoms. The number of hydrogen-bond donors (Lipinski definition) is 1. The average Bonchev–Trinajstić information content (AvgIpc) is 2.98. The van der Waals surface area contributed by atoms with Gasteiger partial charge in [0.15, 0.2) is 9.84 Å². The van der Waals surface area contributed by atoms with Crippen molar-refractivity contribution in [3.63, 3.8) is 0 Å². The van der Waals surface area contributed by atoms with Gasteiger partial charge in [0.1, 0.15) is 5.75 Å². The summed E-state index contributed by atoms with van der Waals surface area (Å²) in [4.78, 5) is 14.3. The first kappa shape index (κ1) is 17.2. The summed E-state index contributed by atoms with van der Waals surface area (Å²) in [7, 11) is -3.64.